The molecule has 1 fully saturated rings. The smallest absolute Gasteiger partial charge is 0.229 e. The maximum Gasteiger partial charge on any atom is 0.229 e. The van der Waals surface area contributed by atoms with Crippen LogP contribution in [0.25, 0.3) is 0 Å². The second-order valence-electron chi connectivity index (χ2n) is 6.60. The Labute approximate surface area is 131 Å². The largest absolute Gasteiger partial charge is 0.312 e. The van der Waals surface area contributed by atoms with Crippen molar-refractivity contribution < 1.29 is 9.59 Å². The van der Waals surface area contributed by atoms with Crippen LogP contribution in [0.4, 0.5) is 5.69 Å². The minimum absolute atomic E-state index is 0.00468. The summed E-state index contributed by atoms with van der Waals surface area (Å²) in [6.07, 6.45) is 3.90. The van der Waals surface area contributed by atoms with Gasteiger partial charge >= 0.3 is 0 Å². The molecule has 1 saturated heterocycles. The van der Waals surface area contributed by atoms with E-state index in [1.807, 2.05) is 36.9 Å². The van der Waals surface area contributed by atoms with Crippen LogP contribution in [0.1, 0.15) is 49.0 Å². The molecule has 1 aromatic rings. The van der Waals surface area contributed by atoms with Gasteiger partial charge in [0.05, 0.1) is 6.04 Å². The summed E-state index contributed by atoms with van der Waals surface area (Å²) >= 11 is 0. The van der Waals surface area contributed by atoms with Gasteiger partial charge in [0, 0.05) is 23.7 Å². The quantitative estimate of drug-likeness (QED) is 0.873. The topological polar surface area (TPSA) is 49.4 Å². The van der Waals surface area contributed by atoms with Gasteiger partial charge in [0.1, 0.15) is 0 Å². The number of ketones is 1. The molecule has 0 radical (unpaired) electrons. The van der Waals surface area contributed by atoms with Gasteiger partial charge in [-0.2, -0.15) is 0 Å². The van der Waals surface area contributed by atoms with E-state index in [1.165, 1.54) is 0 Å². The standard InChI is InChI=1S/C18H24N2O2/c1-12(2)18(22)20-10-4-5-13-11-14(7-8-16(13)20)17(21)15-6-3-9-19-15/h7-8,11-12,15,19H,3-6,9-10H2,1-2H3. The molecule has 1 unspecified atom stereocenters. The van der Waals surface area contributed by atoms with Gasteiger partial charge in [0.25, 0.3) is 0 Å². The van der Waals surface area contributed by atoms with Crippen LogP contribution in [0.5, 0.6) is 0 Å². The number of fused-ring (bicyclic) bond motifs is 1. The van der Waals surface area contributed by atoms with Crippen molar-refractivity contribution in [1.82, 2.24) is 5.32 Å². The molecule has 1 atom stereocenters. The third-order valence-corrected chi connectivity index (χ3v) is 4.62. The molecule has 0 spiro atoms. The lowest BCUT2D eigenvalue weighted by Gasteiger charge is -2.31. The highest BCUT2D eigenvalue weighted by Gasteiger charge is 2.27. The van der Waals surface area contributed by atoms with E-state index in [1.54, 1.807) is 0 Å². The lowest BCUT2D eigenvalue weighted by atomic mass is 9.94. The maximum atomic E-state index is 12.5. The summed E-state index contributed by atoms with van der Waals surface area (Å²) in [7, 11) is 0. The Kier molecular flexibility index (Phi) is 4.30. The van der Waals surface area contributed by atoms with Gasteiger partial charge in [0.2, 0.25) is 5.91 Å². The minimum Gasteiger partial charge on any atom is -0.312 e. The summed E-state index contributed by atoms with van der Waals surface area (Å²) in [6.45, 7) is 5.57. The molecule has 0 saturated carbocycles. The molecular formula is C18H24N2O2. The van der Waals surface area contributed by atoms with Crippen LogP contribution in [0.3, 0.4) is 0 Å². The van der Waals surface area contributed by atoms with E-state index in [4.69, 9.17) is 0 Å². The second-order valence-corrected chi connectivity index (χ2v) is 6.60. The highest BCUT2D eigenvalue weighted by Crippen LogP contribution is 2.30. The van der Waals surface area contributed by atoms with E-state index in [0.717, 1.165) is 55.6 Å². The number of carbonyl (C=O) groups excluding carboxylic acids is 2. The Hall–Kier alpha value is -1.68. The molecule has 0 aliphatic carbocycles. The number of hydrogen-bond donors (Lipinski definition) is 1. The van der Waals surface area contributed by atoms with Crippen molar-refractivity contribution in [3.63, 3.8) is 0 Å². The first-order valence-electron chi connectivity index (χ1n) is 8.30. The summed E-state index contributed by atoms with van der Waals surface area (Å²) in [6, 6.07) is 5.80. The first-order valence-corrected chi connectivity index (χ1v) is 8.30. The van der Waals surface area contributed by atoms with Gasteiger partial charge in [-0.1, -0.05) is 13.8 Å². The molecule has 0 aromatic heterocycles. The van der Waals surface area contributed by atoms with Crippen molar-refractivity contribution in [1.29, 1.82) is 0 Å². The van der Waals surface area contributed by atoms with E-state index in [9.17, 15) is 9.59 Å². The van der Waals surface area contributed by atoms with Crippen molar-refractivity contribution in [3.05, 3.63) is 29.3 Å². The van der Waals surface area contributed by atoms with Crippen LogP contribution in [0, 0.1) is 5.92 Å². The summed E-state index contributed by atoms with van der Waals surface area (Å²) in [5.41, 5.74) is 2.89. The van der Waals surface area contributed by atoms with Gasteiger partial charge in [-0.15, -0.1) is 0 Å². The Bertz CT molecular complexity index is 589. The van der Waals surface area contributed by atoms with E-state index >= 15 is 0 Å². The lowest BCUT2D eigenvalue weighted by molar-refractivity contribution is -0.121. The molecule has 1 N–H and O–H groups in total. The SMILES string of the molecule is CC(C)C(=O)N1CCCc2cc(C(=O)C3CCCN3)ccc21. The molecule has 118 valence electrons. The fraction of sp³-hybridized carbons (Fsp3) is 0.556. The molecule has 2 aliphatic rings. The number of hydrogen-bond acceptors (Lipinski definition) is 3. The zero-order valence-corrected chi connectivity index (χ0v) is 13.4. The van der Waals surface area contributed by atoms with Gasteiger partial charge in [0.15, 0.2) is 5.78 Å². The minimum atomic E-state index is -0.0324. The number of benzene rings is 1. The predicted molar refractivity (Wildman–Crippen MR) is 87.3 cm³/mol. The van der Waals surface area contributed by atoms with Gasteiger partial charge in [-0.05, 0) is 56.0 Å². The average molecular weight is 300 g/mol. The van der Waals surface area contributed by atoms with Crippen molar-refractivity contribution in [3.8, 4) is 0 Å². The number of rotatable bonds is 3. The van der Waals surface area contributed by atoms with E-state index in [-0.39, 0.29) is 23.7 Å². The monoisotopic (exact) mass is 300 g/mol. The zero-order chi connectivity index (χ0) is 15.7. The van der Waals surface area contributed by atoms with Crippen LogP contribution in [-0.4, -0.2) is 30.8 Å². The molecular weight excluding hydrogens is 276 g/mol. The van der Waals surface area contributed by atoms with E-state index in [2.05, 4.69) is 5.32 Å². The first kappa shape index (κ1) is 15.2. The summed E-state index contributed by atoms with van der Waals surface area (Å²) in [5, 5.41) is 3.26. The Morgan fingerprint density at radius 1 is 1.27 bits per heavy atom. The number of anilines is 1. The number of nitrogens with zero attached hydrogens (tertiary/aromatic N) is 1. The number of nitrogens with one attached hydrogen (secondary N) is 1. The highest BCUT2D eigenvalue weighted by atomic mass is 16.2. The van der Waals surface area contributed by atoms with Crippen LogP contribution < -0.4 is 10.2 Å². The Morgan fingerprint density at radius 2 is 2.09 bits per heavy atom. The van der Waals surface area contributed by atoms with Crippen LogP contribution in [0.2, 0.25) is 0 Å². The maximum absolute atomic E-state index is 12.5. The highest BCUT2D eigenvalue weighted by molar-refractivity contribution is 6.02. The zero-order valence-electron chi connectivity index (χ0n) is 13.4. The molecule has 3 rings (SSSR count). The van der Waals surface area contributed by atoms with E-state index in [0.29, 0.717) is 0 Å². The van der Waals surface area contributed by atoms with Crippen LogP contribution >= 0.6 is 0 Å². The number of carbonyl (C=O) groups is 2. The van der Waals surface area contributed by atoms with Crippen LogP contribution in [0.15, 0.2) is 18.2 Å². The lowest BCUT2D eigenvalue weighted by Crippen LogP contribution is -2.38. The van der Waals surface area contributed by atoms with Crippen LogP contribution in [-0.2, 0) is 11.2 Å². The van der Waals surface area contributed by atoms with Crippen molar-refractivity contribution in [2.24, 2.45) is 5.92 Å². The Balaban J connectivity index is 1.87. The second kappa shape index (κ2) is 6.21. The number of Topliss-reactive ketones (excluding diaryl/α,β-unsaturated/α-hetero) is 1. The van der Waals surface area contributed by atoms with Crippen molar-refractivity contribution in [2.75, 3.05) is 18.0 Å². The third-order valence-electron chi connectivity index (χ3n) is 4.62. The number of amides is 1. The summed E-state index contributed by atoms with van der Waals surface area (Å²) in [5.74, 6) is 0.347. The normalized spacial score (nSPS) is 21.0. The van der Waals surface area contributed by atoms with E-state index < -0.39 is 0 Å². The van der Waals surface area contributed by atoms with Gasteiger partial charge in [-0.25, -0.2) is 0 Å². The fourth-order valence-electron chi connectivity index (χ4n) is 3.40. The molecule has 4 heteroatoms. The molecule has 1 amide bonds. The summed E-state index contributed by atoms with van der Waals surface area (Å²) < 4.78 is 0. The Morgan fingerprint density at radius 3 is 2.77 bits per heavy atom. The van der Waals surface area contributed by atoms with Gasteiger partial charge < -0.3 is 10.2 Å². The first-order chi connectivity index (χ1) is 10.6. The third kappa shape index (κ3) is 2.80. The molecule has 1 aromatic carbocycles. The van der Waals surface area contributed by atoms with Crippen molar-refractivity contribution in [2.45, 2.75) is 45.6 Å². The number of aryl methyl sites for hydroxylation is 1. The fourth-order valence-corrected chi connectivity index (χ4v) is 3.40. The molecule has 2 heterocycles. The summed E-state index contributed by atoms with van der Waals surface area (Å²) in [4.78, 5) is 26.7. The van der Waals surface area contributed by atoms with Gasteiger partial charge in [-0.3, -0.25) is 9.59 Å². The molecule has 2 aliphatic heterocycles. The average Bonchev–Trinajstić information content (AvgIpc) is 3.06. The molecule has 4 nitrogen and oxygen atoms in total. The molecule has 22 heavy (non-hydrogen) atoms. The van der Waals surface area contributed by atoms with Crippen molar-refractivity contribution >= 4 is 17.4 Å². The molecule has 0 bridgehead atoms. The predicted octanol–water partition coefficient (Wildman–Crippen LogP) is 2.56.